The lowest BCUT2D eigenvalue weighted by Crippen LogP contribution is -2.47. The fourth-order valence-electron chi connectivity index (χ4n) is 3.21. The smallest absolute Gasteiger partial charge is 0.237 e. The molecule has 2 amide bonds. The zero-order chi connectivity index (χ0) is 21.4. The van der Waals surface area contributed by atoms with E-state index < -0.39 is 0 Å². The van der Waals surface area contributed by atoms with E-state index in [1.165, 1.54) is 0 Å². The predicted octanol–water partition coefficient (Wildman–Crippen LogP) is 3.83. The van der Waals surface area contributed by atoms with Crippen molar-refractivity contribution in [2.75, 3.05) is 38.5 Å². The average molecular weight is 436 g/mol. The van der Waals surface area contributed by atoms with Gasteiger partial charge in [0.2, 0.25) is 11.8 Å². The van der Waals surface area contributed by atoms with Crippen LogP contribution in [0, 0.1) is 0 Å². The Kier molecular flexibility index (Phi) is 9.27. The number of hydrogen-bond acceptors (Lipinski definition) is 4. The molecular weight excluding hydrogens is 406 g/mol. The van der Waals surface area contributed by atoms with Crippen LogP contribution < -0.4 is 0 Å². The van der Waals surface area contributed by atoms with Gasteiger partial charge in [-0.1, -0.05) is 42.0 Å². The molecule has 1 fully saturated rings. The standard InChI is InChI=1S/C22H30ClN3O2S/c1-5-11-24(12-6-2)20(27)15-25(17(3)4)16-21(28)26-13-14-29-22(26)18-9-7-8-10-19(18)23/h5-10,17,22H,1-2,11-16H2,3-4H3. The summed E-state index contributed by atoms with van der Waals surface area (Å²) >= 11 is 8.08. The Morgan fingerprint density at radius 2 is 1.90 bits per heavy atom. The van der Waals surface area contributed by atoms with E-state index in [2.05, 4.69) is 13.2 Å². The van der Waals surface area contributed by atoms with Crippen molar-refractivity contribution in [2.24, 2.45) is 0 Å². The molecule has 1 unspecified atom stereocenters. The van der Waals surface area contributed by atoms with Gasteiger partial charge in [-0.2, -0.15) is 0 Å². The highest BCUT2D eigenvalue weighted by molar-refractivity contribution is 7.99. The molecule has 1 aliphatic rings. The molecule has 2 rings (SSSR count). The maximum absolute atomic E-state index is 13.1. The zero-order valence-corrected chi connectivity index (χ0v) is 18.8. The van der Waals surface area contributed by atoms with Crippen LogP contribution in [-0.4, -0.2) is 71.0 Å². The van der Waals surface area contributed by atoms with Gasteiger partial charge >= 0.3 is 0 Å². The van der Waals surface area contributed by atoms with Crippen molar-refractivity contribution < 1.29 is 9.59 Å². The Hall–Kier alpha value is -1.76. The third-order valence-electron chi connectivity index (χ3n) is 4.84. The highest BCUT2D eigenvalue weighted by Crippen LogP contribution is 2.40. The first kappa shape index (κ1) is 23.5. The second-order valence-electron chi connectivity index (χ2n) is 7.21. The Morgan fingerprint density at radius 1 is 1.24 bits per heavy atom. The minimum atomic E-state index is -0.0843. The molecule has 0 saturated carbocycles. The molecule has 1 aromatic rings. The fourth-order valence-corrected chi connectivity index (χ4v) is 4.82. The number of nitrogens with zero attached hydrogens (tertiary/aromatic N) is 3. The van der Waals surface area contributed by atoms with Gasteiger partial charge < -0.3 is 9.80 Å². The van der Waals surface area contributed by atoms with Crippen LogP contribution in [0.3, 0.4) is 0 Å². The van der Waals surface area contributed by atoms with E-state index in [9.17, 15) is 9.59 Å². The molecule has 0 aliphatic carbocycles. The minimum Gasteiger partial charge on any atom is -0.334 e. The van der Waals surface area contributed by atoms with E-state index in [1.807, 2.05) is 47.9 Å². The number of hydrogen-bond donors (Lipinski definition) is 0. The van der Waals surface area contributed by atoms with E-state index in [0.29, 0.717) is 24.7 Å². The van der Waals surface area contributed by atoms with E-state index in [4.69, 9.17) is 11.6 Å². The molecule has 158 valence electrons. The van der Waals surface area contributed by atoms with E-state index in [-0.39, 0.29) is 36.3 Å². The summed E-state index contributed by atoms with van der Waals surface area (Å²) < 4.78 is 0. The second kappa shape index (κ2) is 11.4. The molecule has 0 radical (unpaired) electrons. The third kappa shape index (κ3) is 6.36. The van der Waals surface area contributed by atoms with E-state index in [1.54, 1.807) is 28.8 Å². The van der Waals surface area contributed by atoms with Crippen molar-refractivity contribution >= 4 is 35.2 Å². The van der Waals surface area contributed by atoms with Crippen LogP contribution in [0.1, 0.15) is 24.8 Å². The van der Waals surface area contributed by atoms with Crippen molar-refractivity contribution in [1.29, 1.82) is 0 Å². The molecule has 0 spiro atoms. The average Bonchev–Trinajstić information content (AvgIpc) is 3.17. The van der Waals surface area contributed by atoms with Crippen LogP contribution in [0.4, 0.5) is 0 Å². The minimum absolute atomic E-state index is 0.0143. The van der Waals surface area contributed by atoms with Gasteiger partial charge in [-0.15, -0.1) is 24.9 Å². The molecule has 0 N–H and O–H groups in total. The van der Waals surface area contributed by atoms with Crippen LogP contribution in [-0.2, 0) is 9.59 Å². The molecule has 5 nitrogen and oxygen atoms in total. The summed E-state index contributed by atoms with van der Waals surface area (Å²) in [5, 5.41) is 0.587. The molecule has 1 aliphatic heterocycles. The number of rotatable bonds is 10. The lowest BCUT2D eigenvalue weighted by molar-refractivity contribution is -0.136. The summed E-state index contributed by atoms with van der Waals surface area (Å²) in [6.45, 7) is 13.4. The normalized spacial score (nSPS) is 16.3. The predicted molar refractivity (Wildman–Crippen MR) is 122 cm³/mol. The molecule has 7 heteroatoms. The van der Waals surface area contributed by atoms with Gasteiger partial charge in [0.25, 0.3) is 0 Å². The first-order chi connectivity index (χ1) is 13.9. The van der Waals surface area contributed by atoms with Gasteiger partial charge in [-0.3, -0.25) is 14.5 Å². The highest BCUT2D eigenvalue weighted by Gasteiger charge is 2.33. The van der Waals surface area contributed by atoms with Crippen LogP contribution in [0.2, 0.25) is 5.02 Å². The maximum Gasteiger partial charge on any atom is 0.237 e. The van der Waals surface area contributed by atoms with Crippen LogP contribution in [0.15, 0.2) is 49.6 Å². The van der Waals surface area contributed by atoms with Crippen LogP contribution in [0.5, 0.6) is 0 Å². The first-order valence-electron chi connectivity index (χ1n) is 9.78. The fraction of sp³-hybridized carbons (Fsp3) is 0.455. The van der Waals surface area contributed by atoms with E-state index >= 15 is 0 Å². The molecule has 1 atom stereocenters. The van der Waals surface area contributed by atoms with Crippen molar-refractivity contribution in [3.05, 3.63) is 60.2 Å². The highest BCUT2D eigenvalue weighted by atomic mass is 35.5. The van der Waals surface area contributed by atoms with Gasteiger partial charge in [-0.25, -0.2) is 0 Å². The molecule has 1 saturated heterocycles. The quantitative estimate of drug-likeness (QED) is 0.524. The van der Waals surface area contributed by atoms with Crippen LogP contribution >= 0.6 is 23.4 Å². The van der Waals surface area contributed by atoms with Crippen molar-refractivity contribution in [2.45, 2.75) is 25.3 Å². The number of thioether (sulfide) groups is 1. The lowest BCUT2D eigenvalue weighted by atomic mass is 10.2. The third-order valence-corrected chi connectivity index (χ3v) is 6.43. The van der Waals surface area contributed by atoms with Gasteiger partial charge in [0.15, 0.2) is 0 Å². The molecule has 1 aromatic carbocycles. The Balaban J connectivity index is 2.08. The monoisotopic (exact) mass is 435 g/mol. The molecule has 0 bridgehead atoms. The molecular formula is C22H30ClN3O2S. The number of amides is 2. The zero-order valence-electron chi connectivity index (χ0n) is 17.2. The second-order valence-corrected chi connectivity index (χ2v) is 8.80. The summed E-state index contributed by atoms with van der Waals surface area (Å²) in [5.41, 5.74) is 0.959. The summed E-state index contributed by atoms with van der Waals surface area (Å²) in [4.78, 5) is 31.3. The molecule has 0 aromatic heterocycles. The van der Waals surface area contributed by atoms with Crippen molar-refractivity contribution in [3.8, 4) is 0 Å². The molecule has 1 heterocycles. The summed E-state index contributed by atoms with van der Waals surface area (Å²) in [6, 6.07) is 7.71. The number of carbonyl (C=O) groups is 2. The van der Waals surface area contributed by atoms with Gasteiger partial charge in [0, 0.05) is 42.0 Å². The largest absolute Gasteiger partial charge is 0.334 e. The first-order valence-corrected chi connectivity index (χ1v) is 11.2. The summed E-state index contributed by atoms with van der Waals surface area (Å²) in [5.74, 6) is 0.847. The Morgan fingerprint density at radius 3 is 2.48 bits per heavy atom. The number of carbonyl (C=O) groups excluding carboxylic acids is 2. The van der Waals surface area contributed by atoms with Crippen molar-refractivity contribution in [3.63, 3.8) is 0 Å². The summed E-state index contributed by atoms with van der Waals surface area (Å²) in [6.07, 6.45) is 3.39. The van der Waals surface area contributed by atoms with E-state index in [0.717, 1.165) is 11.3 Å². The van der Waals surface area contributed by atoms with Gasteiger partial charge in [0.1, 0.15) is 5.37 Å². The van der Waals surface area contributed by atoms with Crippen molar-refractivity contribution in [1.82, 2.24) is 14.7 Å². The Labute approximate surface area is 183 Å². The lowest BCUT2D eigenvalue weighted by Gasteiger charge is -2.31. The SMILES string of the molecule is C=CCN(CC=C)C(=O)CN(CC(=O)N1CCSC1c1ccccc1Cl)C(C)C. The summed E-state index contributed by atoms with van der Waals surface area (Å²) in [7, 11) is 0. The van der Waals surface area contributed by atoms with Gasteiger partial charge in [-0.05, 0) is 19.9 Å². The number of benzene rings is 1. The topological polar surface area (TPSA) is 43.9 Å². The van der Waals surface area contributed by atoms with Gasteiger partial charge in [0.05, 0.1) is 13.1 Å². The Bertz CT molecular complexity index is 731. The molecule has 29 heavy (non-hydrogen) atoms. The maximum atomic E-state index is 13.1. The number of halogens is 1. The van der Waals surface area contributed by atoms with Crippen LogP contribution in [0.25, 0.3) is 0 Å².